The zero-order valence-corrected chi connectivity index (χ0v) is 12.6. The molecule has 0 amide bonds. The van der Waals surface area contributed by atoms with E-state index in [1.165, 1.54) is 23.1 Å². The monoisotopic (exact) mass is 319 g/mol. The smallest absolute Gasteiger partial charge is 0.229 e. The fourth-order valence-electron chi connectivity index (χ4n) is 1.30. The summed E-state index contributed by atoms with van der Waals surface area (Å²) in [5, 5.41) is 0. The molecule has 0 unspecified atom stereocenters. The summed E-state index contributed by atoms with van der Waals surface area (Å²) < 4.78 is 26.8. The molecule has 0 bridgehead atoms. The molecular formula is C11H10ClNO2S3. The predicted molar refractivity (Wildman–Crippen MR) is 78.4 cm³/mol. The fourth-order valence-corrected chi connectivity index (χ4v) is 4.29. The van der Waals surface area contributed by atoms with Gasteiger partial charge in [-0.05, 0) is 24.3 Å². The number of benzene rings is 1. The SMILES string of the molecule is CS(=O)(=O)Nc1ccccc1Sc1ccc(Cl)s1. The summed E-state index contributed by atoms with van der Waals surface area (Å²) in [4.78, 5) is 0.849. The summed E-state index contributed by atoms with van der Waals surface area (Å²) >= 11 is 8.81. The average molecular weight is 320 g/mol. The Bertz CT molecular complexity index is 652. The Morgan fingerprint density at radius 3 is 2.56 bits per heavy atom. The van der Waals surface area contributed by atoms with Gasteiger partial charge in [0.25, 0.3) is 0 Å². The van der Waals surface area contributed by atoms with Gasteiger partial charge in [-0.3, -0.25) is 4.72 Å². The van der Waals surface area contributed by atoms with Gasteiger partial charge in [0.1, 0.15) is 0 Å². The van der Waals surface area contributed by atoms with Gasteiger partial charge in [-0.25, -0.2) is 8.42 Å². The van der Waals surface area contributed by atoms with Crippen LogP contribution >= 0.6 is 34.7 Å². The minimum atomic E-state index is -3.27. The first kappa shape index (κ1) is 13.7. The van der Waals surface area contributed by atoms with Crippen LogP contribution in [0.5, 0.6) is 0 Å². The van der Waals surface area contributed by atoms with Crippen molar-refractivity contribution in [1.29, 1.82) is 0 Å². The van der Waals surface area contributed by atoms with E-state index < -0.39 is 10.0 Å². The highest BCUT2D eigenvalue weighted by Gasteiger charge is 2.09. The minimum Gasteiger partial charge on any atom is -0.283 e. The molecule has 0 saturated heterocycles. The summed E-state index contributed by atoms with van der Waals surface area (Å²) in [5.74, 6) is 0. The summed E-state index contributed by atoms with van der Waals surface area (Å²) in [5.41, 5.74) is 0.578. The topological polar surface area (TPSA) is 46.2 Å². The van der Waals surface area contributed by atoms with Crippen LogP contribution in [0, 0.1) is 0 Å². The van der Waals surface area contributed by atoms with E-state index in [2.05, 4.69) is 4.72 Å². The number of halogens is 1. The van der Waals surface area contributed by atoms with Crippen molar-refractivity contribution < 1.29 is 8.42 Å². The lowest BCUT2D eigenvalue weighted by atomic mass is 10.3. The van der Waals surface area contributed by atoms with Gasteiger partial charge in [-0.2, -0.15) is 0 Å². The zero-order valence-electron chi connectivity index (χ0n) is 9.38. The number of rotatable bonds is 4. The molecule has 7 heteroatoms. The van der Waals surface area contributed by atoms with Gasteiger partial charge >= 0.3 is 0 Å². The number of thiophene rings is 1. The molecule has 1 N–H and O–H groups in total. The molecule has 2 aromatic rings. The third-order valence-corrected chi connectivity index (χ3v) is 4.97. The van der Waals surface area contributed by atoms with Gasteiger partial charge < -0.3 is 0 Å². The van der Waals surface area contributed by atoms with Crippen molar-refractivity contribution in [2.75, 3.05) is 11.0 Å². The number of anilines is 1. The number of para-hydroxylation sites is 1. The van der Waals surface area contributed by atoms with Crippen molar-refractivity contribution in [3.05, 3.63) is 40.7 Å². The van der Waals surface area contributed by atoms with Crippen molar-refractivity contribution >= 4 is 50.4 Å². The number of nitrogens with one attached hydrogen (secondary N) is 1. The Hall–Kier alpha value is -0.690. The molecule has 0 atom stereocenters. The molecule has 3 nitrogen and oxygen atoms in total. The van der Waals surface area contributed by atoms with Crippen LogP contribution in [0.2, 0.25) is 4.34 Å². The Labute approximate surface area is 119 Å². The van der Waals surface area contributed by atoms with Gasteiger partial charge in [-0.15, -0.1) is 11.3 Å². The molecule has 96 valence electrons. The number of hydrogen-bond acceptors (Lipinski definition) is 4. The second kappa shape index (κ2) is 5.52. The van der Waals surface area contributed by atoms with Crippen LogP contribution in [0.4, 0.5) is 5.69 Å². The van der Waals surface area contributed by atoms with E-state index in [9.17, 15) is 8.42 Å². The maximum Gasteiger partial charge on any atom is 0.229 e. The highest BCUT2D eigenvalue weighted by molar-refractivity contribution is 8.01. The standard InChI is InChI=1S/C11H10ClNO2S3/c1-18(14,15)13-8-4-2-3-5-9(8)16-11-7-6-10(12)17-11/h2-7,13H,1H3. The third-order valence-electron chi connectivity index (χ3n) is 1.94. The summed E-state index contributed by atoms with van der Waals surface area (Å²) in [7, 11) is -3.27. The van der Waals surface area contributed by atoms with Gasteiger partial charge in [0.2, 0.25) is 10.0 Å². The third kappa shape index (κ3) is 3.91. The Kier molecular flexibility index (Phi) is 4.21. The molecule has 0 radical (unpaired) electrons. The van der Waals surface area contributed by atoms with Crippen LogP contribution in [-0.2, 0) is 10.0 Å². The second-order valence-electron chi connectivity index (χ2n) is 3.53. The van der Waals surface area contributed by atoms with Gasteiger partial charge in [-0.1, -0.05) is 35.5 Å². The van der Waals surface area contributed by atoms with Crippen molar-refractivity contribution in [3.63, 3.8) is 0 Å². The fraction of sp³-hybridized carbons (Fsp3) is 0.0909. The number of hydrogen-bond donors (Lipinski definition) is 1. The average Bonchev–Trinajstić information content (AvgIpc) is 2.65. The molecule has 0 spiro atoms. The van der Waals surface area contributed by atoms with E-state index in [-0.39, 0.29) is 0 Å². The largest absolute Gasteiger partial charge is 0.283 e. The molecular weight excluding hydrogens is 310 g/mol. The molecule has 0 saturated carbocycles. The van der Waals surface area contributed by atoms with Gasteiger partial charge in [0, 0.05) is 4.90 Å². The van der Waals surface area contributed by atoms with E-state index >= 15 is 0 Å². The quantitative estimate of drug-likeness (QED) is 0.929. The van der Waals surface area contributed by atoms with E-state index in [1.807, 2.05) is 24.3 Å². The Morgan fingerprint density at radius 1 is 1.22 bits per heavy atom. The van der Waals surface area contributed by atoms with E-state index in [1.54, 1.807) is 12.1 Å². The minimum absolute atomic E-state index is 0.578. The van der Waals surface area contributed by atoms with E-state index in [4.69, 9.17) is 11.6 Å². The molecule has 0 aliphatic heterocycles. The van der Waals surface area contributed by atoms with Crippen LogP contribution in [0.3, 0.4) is 0 Å². The van der Waals surface area contributed by atoms with Crippen molar-refractivity contribution in [1.82, 2.24) is 0 Å². The molecule has 0 aliphatic rings. The molecule has 0 fully saturated rings. The highest BCUT2D eigenvalue weighted by atomic mass is 35.5. The lowest BCUT2D eigenvalue weighted by Gasteiger charge is -2.08. The molecule has 1 aromatic heterocycles. The summed E-state index contributed by atoms with van der Waals surface area (Å²) in [6.45, 7) is 0. The second-order valence-corrected chi connectivity index (χ2v) is 8.34. The van der Waals surface area contributed by atoms with Crippen molar-refractivity contribution in [3.8, 4) is 0 Å². The zero-order chi connectivity index (χ0) is 13.2. The predicted octanol–water partition coefficient (Wildman–Crippen LogP) is 3.92. The first-order valence-corrected chi connectivity index (χ1v) is 8.84. The normalized spacial score (nSPS) is 11.4. The van der Waals surface area contributed by atoms with Crippen LogP contribution in [0.15, 0.2) is 45.5 Å². The van der Waals surface area contributed by atoms with Gasteiger partial charge in [0.15, 0.2) is 0 Å². The van der Waals surface area contributed by atoms with Crippen molar-refractivity contribution in [2.24, 2.45) is 0 Å². The maximum absolute atomic E-state index is 11.3. The lowest BCUT2D eigenvalue weighted by molar-refractivity contribution is 0.606. The first-order valence-electron chi connectivity index (χ1n) is 4.94. The molecule has 18 heavy (non-hydrogen) atoms. The summed E-state index contributed by atoms with van der Waals surface area (Å²) in [6.07, 6.45) is 1.14. The van der Waals surface area contributed by atoms with E-state index in [0.717, 1.165) is 15.4 Å². The van der Waals surface area contributed by atoms with Crippen molar-refractivity contribution in [2.45, 2.75) is 9.10 Å². The van der Waals surface area contributed by atoms with E-state index in [0.29, 0.717) is 10.0 Å². The first-order chi connectivity index (χ1) is 8.44. The molecule has 1 heterocycles. The molecule has 2 rings (SSSR count). The summed E-state index contributed by atoms with van der Waals surface area (Å²) in [6, 6.07) is 11.0. The molecule has 0 aliphatic carbocycles. The Balaban J connectivity index is 2.27. The Morgan fingerprint density at radius 2 is 1.94 bits per heavy atom. The van der Waals surface area contributed by atoms with Gasteiger partial charge in [0.05, 0.1) is 20.5 Å². The van der Waals surface area contributed by atoms with Crippen LogP contribution in [0.25, 0.3) is 0 Å². The molecule has 1 aromatic carbocycles. The number of sulfonamides is 1. The van der Waals surface area contributed by atoms with Crippen LogP contribution < -0.4 is 4.72 Å². The lowest BCUT2D eigenvalue weighted by Crippen LogP contribution is -2.10. The highest BCUT2D eigenvalue weighted by Crippen LogP contribution is 2.38. The maximum atomic E-state index is 11.3. The van der Waals surface area contributed by atoms with Crippen LogP contribution in [-0.4, -0.2) is 14.7 Å². The van der Waals surface area contributed by atoms with Crippen LogP contribution in [0.1, 0.15) is 0 Å².